The monoisotopic (exact) mass is 690 g/mol. The maximum absolute atomic E-state index is 13.7. The maximum atomic E-state index is 13.7. The first-order chi connectivity index (χ1) is 22.3. The van der Waals surface area contributed by atoms with Gasteiger partial charge < -0.3 is 36.4 Å². The number of piperazine rings is 1. The molecule has 0 spiro atoms. The van der Waals surface area contributed by atoms with E-state index in [0.29, 0.717) is 54.2 Å². The summed E-state index contributed by atoms with van der Waals surface area (Å²) < 4.78 is 0. The Morgan fingerprint density at radius 3 is 2.17 bits per heavy atom. The molecule has 13 heteroatoms. The van der Waals surface area contributed by atoms with Crippen molar-refractivity contribution in [1.82, 2.24) is 10.2 Å². The fourth-order valence-corrected chi connectivity index (χ4v) is 8.83. The quantitative estimate of drug-likeness (QED) is 0.188. The van der Waals surface area contributed by atoms with Gasteiger partial charge in [-0.2, -0.15) is 0 Å². The third-order valence-corrected chi connectivity index (χ3v) is 10.8. The minimum Gasteiger partial charge on any atom is -0.478 e. The zero-order valence-corrected chi connectivity index (χ0v) is 29.0. The molecule has 4 saturated carbocycles. The predicted octanol–water partition coefficient (Wildman–Crippen LogP) is 3.03. The van der Waals surface area contributed by atoms with E-state index in [1.807, 2.05) is 36.9 Å². The highest BCUT2D eigenvalue weighted by atomic mass is 35.5. The molecule has 6 rings (SSSR count). The fraction of sp³-hybridized carbons (Fsp3) is 0.657. The Morgan fingerprint density at radius 1 is 1.06 bits per heavy atom. The largest absolute Gasteiger partial charge is 0.478 e. The summed E-state index contributed by atoms with van der Waals surface area (Å²) in [5.41, 5.74) is 5.86. The lowest BCUT2D eigenvalue weighted by molar-refractivity contribution is -0.154. The van der Waals surface area contributed by atoms with Crippen LogP contribution in [-0.2, 0) is 19.2 Å². The van der Waals surface area contributed by atoms with Gasteiger partial charge in [-0.15, -0.1) is 0 Å². The Kier molecular flexibility index (Phi) is 11.7. The standard InChI is InChI=1S/C31H47ClN4O4.C4H4O4/c1-19(2)22(28(39)34-30-11-20-9-21(12-30)14-31(40,13-20)17-30)10-26(37)24(33)15-35-16-27(38)36(18-29(35,3)4)25-8-6-5-7-23(25)32;5-3(6)1-2-4(7)8/h5-8,19-22,24,26,37,40H,9-18,33H2,1-4H3,(H,34,39);1-2H,(H,5,6)(H,7,8)/b;2-1+/t20-,21+,22-,24-,26-,30?,31?;/m0./s1. The number of hydrogen-bond donors (Lipinski definition) is 6. The Labute approximate surface area is 287 Å². The number of aliphatic hydroxyl groups excluding tert-OH is 1. The van der Waals surface area contributed by atoms with Crippen molar-refractivity contribution in [3.8, 4) is 0 Å². The summed E-state index contributed by atoms with van der Waals surface area (Å²) in [7, 11) is 0. The first-order valence-corrected chi connectivity index (χ1v) is 17.1. The minimum absolute atomic E-state index is 0.0241. The molecule has 12 nitrogen and oxygen atoms in total. The topological polar surface area (TPSA) is 194 Å². The molecule has 1 aliphatic heterocycles. The molecule has 0 aromatic heterocycles. The van der Waals surface area contributed by atoms with Gasteiger partial charge in [-0.1, -0.05) is 37.6 Å². The maximum Gasteiger partial charge on any atom is 0.328 e. The fourth-order valence-electron chi connectivity index (χ4n) is 8.59. The number of hydrogen-bond acceptors (Lipinski definition) is 8. The third kappa shape index (κ3) is 9.15. The summed E-state index contributed by atoms with van der Waals surface area (Å²) >= 11 is 6.38. The third-order valence-electron chi connectivity index (χ3n) is 10.5. The molecule has 48 heavy (non-hydrogen) atoms. The molecule has 1 aromatic carbocycles. The van der Waals surface area contributed by atoms with E-state index in [-0.39, 0.29) is 36.2 Å². The molecule has 2 amide bonds. The van der Waals surface area contributed by atoms with Gasteiger partial charge in [-0.05, 0) is 88.7 Å². The summed E-state index contributed by atoms with van der Waals surface area (Å²) in [6.45, 7) is 9.09. The van der Waals surface area contributed by atoms with Crippen molar-refractivity contribution >= 4 is 41.0 Å². The van der Waals surface area contributed by atoms with Crippen molar-refractivity contribution in [2.45, 2.75) is 101 Å². The van der Waals surface area contributed by atoms with Gasteiger partial charge in [-0.25, -0.2) is 9.59 Å². The van der Waals surface area contributed by atoms with E-state index in [2.05, 4.69) is 19.2 Å². The van der Waals surface area contributed by atoms with E-state index in [1.54, 1.807) is 11.0 Å². The lowest BCUT2D eigenvalue weighted by Crippen LogP contribution is -2.66. The summed E-state index contributed by atoms with van der Waals surface area (Å²) in [5, 5.41) is 41.9. The smallest absolute Gasteiger partial charge is 0.328 e. The number of halogens is 1. The van der Waals surface area contributed by atoms with Crippen molar-refractivity contribution in [2.75, 3.05) is 24.5 Å². The van der Waals surface area contributed by atoms with Crippen LogP contribution in [0.25, 0.3) is 0 Å². The number of carboxylic acids is 2. The Bertz CT molecular complexity index is 1370. The van der Waals surface area contributed by atoms with Crippen LogP contribution in [0.5, 0.6) is 0 Å². The van der Waals surface area contributed by atoms with Gasteiger partial charge in [0, 0.05) is 48.3 Å². The number of amides is 2. The van der Waals surface area contributed by atoms with E-state index in [4.69, 9.17) is 27.5 Å². The highest BCUT2D eigenvalue weighted by Crippen LogP contribution is 2.57. The lowest BCUT2D eigenvalue weighted by atomic mass is 9.51. The van der Waals surface area contributed by atoms with E-state index in [1.165, 1.54) is 0 Å². The van der Waals surface area contributed by atoms with Gasteiger partial charge in [0.15, 0.2) is 0 Å². The number of benzene rings is 1. The number of rotatable bonds is 11. The van der Waals surface area contributed by atoms with Crippen molar-refractivity contribution in [1.29, 1.82) is 0 Å². The predicted molar refractivity (Wildman–Crippen MR) is 181 cm³/mol. The normalized spacial score (nSPS) is 29.7. The van der Waals surface area contributed by atoms with Crippen LogP contribution in [0.15, 0.2) is 36.4 Å². The van der Waals surface area contributed by atoms with Gasteiger partial charge in [0.1, 0.15) is 0 Å². The van der Waals surface area contributed by atoms with Gasteiger partial charge in [0.25, 0.3) is 0 Å². The van der Waals surface area contributed by atoms with Gasteiger partial charge >= 0.3 is 11.9 Å². The number of nitrogens with one attached hydrogen (secondary N) is 1. The lowest BCUT2D eigenvalue weighted by Gasteiger charge is -2.60. The van der Waals surface area contributed by atoms with Crippen molar-refractivity contribution in [3.63, 3.8) is 0 Å². The van der Waals surface area contributed by atoms with E-state index >= 15 is 0 Å². The van der Waals surface area contributed by atoms with Crippen LogP contribution < -0.4 is 16.0 Å². The van der Waals surface area contributed by atoms with Crippen LogP contribution in [0, 0.1) is 23.7 Å². The molecule has 5 aliphatic rings. The van der Waals surface area contributed by atoms with E-state index in [9.17, 15) is 29.4 Å². The molecule has 1 saturated heterocycles. The van der Waals surface area contributed by atoms with Crippen molar-refractivity contribution in [2.24, 2.45) is 29.4 Å². The summed E-state index contributed by atoms with van der Waals surface area (Å²) in [6, 6.07) is 6.72. The van der Waals surface area contributed by atoms with Crippen LogP contribution in [0.2, 0.25) is 5.02 Å². The number of para-hydroxylation sites is 1. The van der Waals surface area contributed by atoms with Crippen molar-refractivity contribution < 1.29 is 39.6 Å². The number of carboxylic acid groups (broad SMARTS) is 2. The number of carbonyl (C=O) groups excluding carboxylic acids is 2. The average molecular weight is 691 g/mol. The Morgan fingerprint density at radius 2 is 1.65 bits per heavy atom. The molecule has 7 N–H and O–H groups in total. The Balaban J connectivity index is 0.000000579. The zero-order valence-electron chi connectivity index (χ0n) is 28.3. The molecule has 1 aromatic rings. The first kappa shape index (κ1) is 37.8. The molecular weight excluding hydrogens is 640 g/mol. The number of aliphatic carboxylic acids is 2. The van der Waals surface area contributed by atoms with Gasteiger partial charge in [0.05, 0.1) is 29.0 Å². The number of carbonyl (C=O) groups is 4. The number of nitrogens with zero attached hydrogens (tertiary/aromatic N) is 2. The number of aliphatic hydroxyl groups is 2. The molecule has 4 bridgehead atoms. The molecule has 1 heterocycles. The number of anilines is 1. The molecule has 0 radical (unpaired) electrons. The van der Waals surface area contributed by atoms with E-state index in [0.717, 1.165) is 32.1 Å². The van der Waals surface area contributed by atoms with Crippen LogP contribution in [-0.4, -0.2) is 97.5 Å². The van der Waals surface area contributed by atoms with E-state index < -0.39 is 41.1 Å². The highest BCUT2D eigenvalue weighted by molar-refractivity contribution is 6.33. The molecule has 2 unspecified atom stereocenters. The second kappa shape index (κ2) is 14.8. The molecule has 5 fully saturated rings. The second-order valence-corrected chi connectivity index (χ2v) is 15.8. The van der Waals surface area contributed by atoms with Crippen LogP contribution >= 0.6 is 11.6 Å². The highest BCUT2D eigenvalue weighted by Gasteiger charge is 2.58. The van der Waals surface area contributed by atoms with Gasteiger partial charge in [-0.3, -0.25) is 14.5 Å². The van der Waals surface area contributed by atoms with Crippen molar-refractivity contribution in [3.05, 3.63) is 41.4 Å². The molecule has 266 valence electrons. The summed E-state index contributed by atoms with van der Waals surface area (Å²) in [5.74, 6) is -2.03. The van der Waals surface area contributed by atoms with Crippen LogP contribution in [0.1, 0.15) is 72.6 Å². The molecular formula is C35H51ClN4O8. The van der Waals surface area contributed by atoms with Crippen LogP contribution in [0.3, 0.4) is 0 Å². The molecule has 7 atom stereocenters. The SMILES string of the molecule is CC(C)[C@H](C[C@H](O)[C@@H](N)CN1CC(=O)N(c2ccccc2Cl)CC1(C)C)C(=O)NC12C[C@@H]3C[C@@H](CC(O)(C3)C1)C2.O=C(O)/C=C/C(=O)O. The molecule has 4 aliphatic carbocycles. The summed E-state index contributed by atoms with van der Waals surface area (Å²) in [4.78, 5) is 49.6. The average Bonchev–Trinajstić information content (AvgIpc) is 2.95. The second-order valence-electron chi connectivity index (χ2n) is 15.4. The Hall–Kier alpha value is -3.03. The summed E-state index contributed by atoms with van der Waals surface area (Å²) in [6.07, 6.45) is 5.85. The minimum atomic E-state index is -1.26. The first-order valence-electron chi connectivity index (χ1n) is 16.7. The van der Waals surface area contributed by atoms with Gasteiger partial charge in [0.2, 0.25) is 11.8 Å². The number of nitrogens with two attached hydrogens (primary N) is 1. The van der Waals surface area contributed by atoms with Crippen LogP contribution in [0.4, 0.5) is 5.69 Å². The zero-order chi connectivity index (χ0) is 35.6.